The summed E-state index contributed by atoms with van der Waals surface area (Å²) in [5.41, 5.74) is 2.27. The highest BCUT2D eigenvalue weighted by molar-refractivity contribution is 6.22. The van der Waals surface area contributed by atoms with Crippen LogP contribution < -0.4 is 0 Å². The second-order valence-corrected chi connectivity index (χ2v) is 10.0. The van der Waals surface area contributed by atoms with Gasteiger partial charge < -0.3 is 39.5 Å². The first-order valence-electron chi connectivity index (χ1n) is 12.3. The Balaban J connectivity index is 1.27. The fourth-order valence-electron chi connectivity index (χ4n) is 6.08. The van der Waals surface area contributed by atoms with E-state index in [1.165, 1.54) is 6.26 Å². The Morgan fingerprint density at radius 2 is 1.92 bits per heavy atom. The molecule has 3 saturated heterocycles. The Morgan fingerprint density at radius 3 is 2.68 bits per heavy atom. The van der Waals surface area contributed by atoms with Crippen LogP contribution in [-0.2, 0) is 19.0 Å². The van der Waals surface area contributed by atoms with Gasteiger partial charge in [0.15, 0.2) is 12.1 Å². The summed E-state index contributed by atoms with van der Waals surface area (Å²) in [6.45, 7) is 3.56. The number of ether oxygens (including phenoxy) is 3. The Hall–Kier alpha value is -2.93. The number of fused-ring (bicyclic) bond motifs is 5. The Bertz CT molecular complexity index is 1200. The molecule has 11 nitrogen and oxygen atoms in total. The van der Waals surface area contributed by atoms with Crippen molar-refractivity contribution in [3.05, 3.63) is 54.3 Å². The average Bonchev–Trinajstić information content (AvgIpc) is 3.28. The van der Waals surface area contributed by atoms with Gasteiger partial charge in [0.05, 0.1) is 41.8 Å². The molecular weight excluding hydrogens is 484 g/mol. The number of carbonyl (C=O) groups is 2. The van der Waals surface area contributed by atoms with E-state index in [0.29, 0.717) is 29.0 Å². The summed E-state index contributed by atoms with van der Waals surface area (Å²) < 4.78 is 17.1. The first kappa shape index (κ1) is 24.4. The number of Topliss-reactive ketones (excluding diaryl/α,β-unsaturated/α-hetero) is 1. The van der Waals surface area contributed by atoms with Gasteiger partial charge in [0.2, 0.25) is 6.29 Å². The van der Waals surface area contributed by atoms with Crippen LogP contribution >= 0.6 is 0 Å². The van der Waals surface area contributed by atoms with Crippen LogP contribution in [0.3, 0.4) is 0 Å². The minimum absolute atomic E-state index is 0.0416. The number of benzene rings is 1. The van der Waals surface area contributed by atoms with Crippen LogP contribution in [0.4, 0.5) is 5.69 Å². The van der Waals surface area contributed by atoms with Crippen molar-refractivity contribution in [3.8, 4) is 0 Å². The molecule has 37 heavy (non-hydrogen) atoms. The molecule has 196 valence electrons. The summed E-state index contributed by atoms with van der Waals surface area (Å²) in [4.78, 5) is 33.2. The van der Waals surface area contributed by atoms with E-state index in [2.05, 4.69) is 6.58 Å². The number of hydrogen-bond acceptors (Lipinski definition) is 10. The number of amides is 1. The summed E-state index contributed by atoms with van der Waals surface area (Å²) in [5.74, 6) is -1.68. The molecule has 0 spiro atoms. The maximum Gasteiger partial charge on any atom is 0.253 e. The molecule has 1 amide bonds. The SMILES string of the molecule is C=C[C@H]1[C@H](O[C@@H]2O[C@H](CO)[C@@H](O)[C@H](O)[C@H]2O)OC=C2C(=O)N3CC4C(=O)c5ccccc5N=C4[C@@H]3C[C@H]21. The van der Waals surface area contributed by atoms with Gasteiger partial charge in [0.25, 0.3) is 5.91 Å². The van der Waals surface area contributed by atoms with Crippen LogP contribution in [0, 0.1) is 17.8 Å². The molecule has 5 aliphatic heterocycles. The van der Waals surface area contributed by atoms with Crippen molar-refractivity contribution in [1.82, 2.24) is 4.90 Å². The van der Waals surface area contributed by atoms with Crippen LogP contribution in [0.1, 0.15) is 16.8 Å². The van der Waals surface area contributed by atoms with Gasteiger partial charge >= 0.3 is 0 Å². The van der Waals surface area contributed by atoms with E-state index in [0.717, 1.165) is 0 Å². The van der Waals surface area contributed by atoms with E-state index in [-0.39, 0.29) is 30.2 Å². The van der Waals surface area contributed by atoms with E-state index in [4.69, 9.17) is 19.2 Å². The number of hydrogen-bond donors (Lipinski definition) is 4. The van der Waals surface area contributed by atoms with Crippen molar-refractivity contribution in [2.75, 3.05) is 13.2 Å². The third kappa shape index (κ3) is 3.69. The summed E-state index contributed by atoms with van der Waals surface area (Å²) in [5, 5.41) is 40.0. The van der Waals surface area contributed by atoms with Gasteiger partial charge in [-0.25, -0.2) is 0 Å². The number of aliphatic hydroxyl groups excluding tert-OH is 4. The molecule has 11 heteroatoms. The Labute approximate surface area is 212 Å². The van der Waals surface area contributed by atoms with Crippen LogP contribution in [-0.4, -0.2) is 98.9 Å². The zero-order chi connectivity index (χ0) is 26.0. The van der Waals surface area contributed by atoms with Gasteiger partial charge in [0, 0.05) is 23.9 Å². The lowest BCUT2D eigenvalue weighted by Crippen LogP contribution is -2.60. The third-order valence-electron chi connectivity index (χ3n) is 8.07. The van der Waals surface area contributed by atoms with Crippen LogP contribution in [0.25, 0.3) is 0 Å². The molecule has 1 aromatic carbocycles. The summed E-state index contributed by atoms with van der Waals surface area (Å²) >= 11 is 0. The van der Waals surface area contributed by atoms with Gasteiger partial charge in [-0.3, -0.25) is 14.6 Å². The minimum Gasteiger partial charge on any atom is -0.471 e. The molecule has 0 bridgehead atoms. The maximum atomic E-state index is 13.5. The third-order valence-corrected chi connectivity index (χ3v) is 8.07. The number of rotatable bonds is 4. The van der Waals surface area contributed by atoms with Crippen molar-refractivity contribution < 1.29 is 44.2 Å². The number of para-hydroxylation sites is 1. The van der Waals surface area contributed by atoms with Crippen LogP contribution in [0.15, 0.2) is 53.7 Å². The number of nitrogens with zero attached hydrogens (tertiary/aromatic N) is 2. The average molecular weight is 513 g/mol. The second-order valence-electron chi connectivity index (χ2n) is 10.0. The predicted octanol–water partition coefficient (Wildman–Crippen LogP) is -0.339. The highest BCUT2D eigenvalue weighted by atomic mass is 16.8. The van der Waals surface area contributed by atoms with Gasteiger partial charge in [-0.2, -0.15) is 0 Å². The molecule has 1 aromatic rings. The molecule has 5 heterocycles. The molecule has 5 aliphatic rings. The summed E-state index contributed by atoms with van der Waals surface area (Å²) in [7, 11) is 0. The highest BCUT2D eigenvalue weighted by Gasteiger charge is 2.55. The van der Waals surface area contributed by atoms with E-state index < -0.39 is 55.4 Å². The van der Waals surface area contributed by atoms with Crippen LogP contribution in [0.2, 0.25) is 0 Å². The molecule has 3 fully saturated rings. The standard InChI is InChI=1S/C26H28N2O9/c1-2-11-13-7-17-19-14(20(30)12-5-3-4-6-16(12)27-19)8-28(17)24(34)15(13)10-35-25(11)37-26-23(33)22(32)21(31)18(9-29)36-26/h2-6,10-11,13-14,17-18,21-23,25-26,29,31-33H,1,7-9H2/t11-,13+,14?,17+,18-,21-,22+,23-,25+,26+/m1/s1. The van der Waals surface area contributed by atoms with Crippen molar-refractivity contribution >= 4 is 23.1 Å². The zero-order valence-electron chi connectivity index (χ0n) is 19.8. The van der Waals surface area contributed by atoms with Crippen molar-refractivity contribution in [3.63, 3.8) is 0 Å². The molecule has 0 aliphatic carbocycles. The van der Waals surface area contributed by atoms with E-state index in [9.17, 15) is 30.0 Å². The molecule has 1 unspecified atom stereocenters. The number of ketones is 1. The quantitative estimate of drug-likeness (QED) is 0.396. The molecule has 10 atom stereocenters. The smallest absolute Gasteiger partial charge is 0.253 e. The van der Waals surface area contributed by atoms with Crippen molar-refractivity contribution in [2.45, 2.75) is 49.5 Å². The first-order valence-corrected chi connectivity index (χ1v) is 12.3. The number of piperidine rings is 1. The van der Waals surface area contributed by atoms with Crippen molar-refractivity contribution in [2.24, 2.45) is 22.7 Å². The molecule has 0 saturated carbocycles. The van der Waals surface area contributed by atoms with Crippen molar-refractivity contribution in [1.29, 1.82) is 0 Å². The van der Waals surface area contributed by atoms with Gasteiger partial charge in [-0.05, 0) is 18.6 Å². The normalized spacial score (nSPS) is 40.5. The second kappa shape index (κ2) is 9.12. The predicted molar refractivity (Wildman–Crippen MR) is 126 cm³/mol. The molecule has 0 radical (unpaired) electrons. The van der Waals surface area contributed by atoms with Crippen LogP contribution in [0.5, 0.6) is 0 Å². The number of aliphatic imine (C=N–C) groups is 1. The molecule has 6 rings (SSSR count). The zero-order valence-corrected chi connectivity index (χ0v) is 19.8. The lowest BCUT2D eigenvalue weighted by molar-refractivity contribution is -0.339. The Morgan fingerprint density at radius 1 is 1.14 bits per heavy atom. The fourth-order valence-corrected chi connectivity index (χ4v) is 6.08. The lowest BCUT2D eigenvalue weighted by Gasteiger charge is -2.45. The maximum absolute atomic E-state index is 13.5. The fraction of sp³-hybridized carbons (Fsp3) is 0.500. The van der Waals surface area contributed by atoms with Gasteiger partial charge in [0.1, 0.15) is 24.4 Å². The topological polar surface area (TPSA) is 158 Å². The molecule has 4 N–H and O–H groups in total. The van der Waals surface area contributed by atoms with E-state index in [1.807, 2.05) is 6.07 Å². The van der Waals surface area contributed by atoms with Gasteiger partial charge in [-0.15, -0.1) is 6.58 Å². The molecule has 0 aromatic heterocycles. The van der Waals surface area contributed by atoms with E-state index >= 15 is 0 Å². The highest BCUT2D eigenvalue weighted by Crippen LogP contribution is 2.46. The van der Waals surface area contributed by atoms with Gasteiger partial charge in [-0.1, -0.05) is 18.2 Å². The summed E-state index contributed by atoms with van der Waals surface area (Å²) in [6.07, 6.45) is -4.88. The lowest BCUT2D eigenvalue weighted by atomic mass is 9.75. The monoisotopic (exact) mass is 512 g/mol. The minimum atomic E-state index is -1.60. The number of aliphatic hydroxyl groups is 4. The Kier molecular flexibility index (Phi) is 6.02. The largest absolute Gasteiger partial charge is 0.471 e. The first-order chi connectivity index (χ1) is 17.8. The summed E-state index contributed by atoms with van der Waals surface area (Å²) in [6, 6.07) is 6.79. The number of carbonyl (C=O) groups excluding carboxylic acids is 2. The van der Waals surface area contributed by atoms with E-state index in [1.54, 1.807) is 29.2 Å². The molecular formula is C26H28N2O9.